The summed E-state index contributed by atoms with van der Waals surface area (Å²) < 4.78 is 9.09. The normalized spacial score (nSPS) is 14.0. The molecule has 1 aromatic carbocycles. The van der Waals surface area contributed by atoms with Gasteiger partial charge in [-0.15, -0.1) is 0 Å². The number of aromatic nitrogens is 5. The average molecular weight is 460 g/mol. The maximum atomic E-state index is 13.0. The topological polar surface area (TPSA) is 80.8 Å². The van der Waals surface area contributed by atoms with Gasteiger partial charge in [0.25, 0.3) is 5.91 Å². The smallest absolute Gasteiger partial charge is 0.274 e. The number of carbonyl (C=O) groups excluding carboxylic acids is 1. The summed E-state index contributed by atoms with van der Waals surface area (Å²) in [5.41, 5.74) is 4.13. The van der Waals surface area contributed by atoms with Crippen LogP contribution in [0.2, 0.25) is 0 Å². The van der Waals surface area contributed by atoms with Crippen LogP contribution in [0.5, 0.6) is 0 Å². The zero-order valence-electron chi connectivity index (χ0n) is 19.8. The zero-order chi connectivity index (χ0) is 23.7. The summed E-state index contributed by atoms with van der Waals surface area (Å²) in [5.74, 6) is 1.45. The van der Waals surface area contributed by atoms with Crippen LogP contribution >= 0.6 is 0 Å². The molecule has 1 amide bonds. The molecule has 9 nitrogen and oxygen atoms in total. The number of nitrogens with zero attached hydrogens (tertiary/aromatic N) is 7. The van der Waals surface area contributed by atoms with Gasteiger partial charge in [-0.05, 0) is 32.9 Å². The van der Waals surface area contributed by atoms with Gasteiger partial charge in [0.2, 0.25) is 0 Å². The van der Waals surface area contributed by atoms with Crippen LogP contribution in [0.3, 0.4) is 0 Å². The van der Waals surface area contributed by atoms with E-state index in [-0.39, 0.29) is 5.91 Å². The van der Waals surface area contributed by atoms with Gasteiger partial charge in [0.15, 0.2) is 17.2 Å². The molecule has 0 unspecified atom stereocenters. The number of amides is 1. The number of carbonyl (C=O) groups is 1. The lowest BCUT2D eigenvalue weighted by Gasteiger charge is -2.29. The lowest BCUT2D eigenvalue weighted by atomic mass is 10.1. The first-order valence-corrected chi connectivity index (χ1v) is 11.7. The minimum absolute atomic E-state index is 0.0919. The van der Waals surface area contributed by atoms with E-state index in [1.807, 2.05) is 38.2 Å². The molecule has 1 fully saturated rings. The fourth-order valence-corrected chi connectivity index (χ4v) is 4.27. The maximum absolute atomic E-state index is 13.0. The van der Waals surface area contributed by atoms with Crippen LogP contribution in [0, 0.1) is 6.92 Å². The molecule has 0 radical (unpaired) electrons. The fraction of sp³-hybridized carbons (Fsp3) is 0.360. The summed E-state index contributed by atoms with van der Waals surface area (Å²) in [6.45, 7) is 10.0. The third-order valence-electron chi connectivity index (χ3n) is 6.14. The summed E-state index contributed by atoms with van der Waals surface area (Å²) in [6.07, 6.45) is 1.91. The molecule has 3 aromatic heterocycles. The third kappa shape index (κ3) is 4.14. The number of morpholine rings is 1. The van der Waals surface area contributed by atoms with Gasteiger partial charge in [-0.1, -0.05) is 23.8 Å². The number of aryl methyl sites for hydroxylation is 1. The molecule has 1 aliphatic heterocycles. The van der Waals surface area contributed by atoms with Crippen molar-refractivity contribution < 1.29 is 9.53 Å². The molecule has 0 spiro atoms. The van der Waals surface area contributed by atoms with Gasteiger partial charge >= 0.3 is 0 Å². The second kappa shape index (κ2) is 9.26. The Bertz CT molecular complexity index is 1320. The van der Waals surface area contributed by atoms with Crippen molar-refractivity contribution in [3.8, 4) is 17.1 Å². The number of hydrogen-bond donors (Lipinski definition) is 0. The molecule has 34 heavy (non-hydrogen) atoms. The van der Waals surface area contributed by atoms with Gasteiger partial charge in [-0.3, -0.25) is 4.79 Å². The highest BCUT2D eigenvalue weighted by Gasteiger charge is 2.22. The Labute approximate surface area is 198 Å². The standard InChI is InChI=1S/C25H29N7O2/c1-4-29(5-2)25(33)21-16-23-26-22(17-24(32(23)28-21)30-11-13-34-14-12-30)31-10-9-20(27-31)19-8-6-7-18(3)15-19/h6-10,15-17H,4-5,11-14H2,1-3H3. The van der Waals surface area contributed by atoms with E-state index in [1.165, 1.54) is 5.56 Å². The molecular weight excluding hydrogens is 430 g/mol. The van der Waals surface area contributed by atoms with Gasteiger partial charge < -0.3 is 14.5 Å². The second-order valence-corrected chi connectivity index (χ2v) is 8.36. The van der Waals surface area contributed by atoms with Crippen molar-refractivity contribution in [2.75, 3.05) is 44.3 Å². The SMILES string of the molecule is CCN(CC)C(=O)c1cc2nc(-n3ccc(-c4cccc(C)c4)n3)cc(N3CCOCC3)n2n1. The number of hydrogen-bond acceptors (Lipinski definition) is 6. The van der Waals surface area contributed by atoms with Crippen molar-refractivity contribution in [1.82, 2.24) is 29.3 Å². The van der Waals surface area contributed by atoms with E-state index < -0.39 is 0 Å². The predicted molar refractivity (Wildman–Crippen MR) is 131 cm³/mol. The van der Waals surface area contributed by atoms with Gasteiger partial charge in [0.05, 0.1) is 18.9 Å². The first kappa shape index (κ1) is 22.1. The highest BCUT2D eigenvalue weighted by molar-refractivity contribution is 5.93. The molecule has 9 heteroatoms. The van der Waals surface area contributed by atoms with Gasteiger partial charge in [0.1, 0.15) is 5.82 Å². The van der Waals surface area contributed by atoms with Crippen molar-refractivity contribution >= 4 is 17.4 Å². The summed E-state index contributed by atoms with van der Waals surface area (Å²) >= 11 is 0. The van der Waals surface area contributed by atoms with E-state index in [9.17, 15) is 4.79 Å². The summed E-state index contributed by atoms with van der Waals surface area (Å²) in [6, 6.07) is 14.0. The molecule has 1 aliphatic rings. The quantitative estimate of drug-likeness (QED) is 0.441. The van der Waals surface area contributed by atoms with Gasteiger partial charge in [-0.25, -0.2) is 9.67 Å². The largest absolute Gasteiger partial charge is 0.378 e. The highest BCUT2D eigenvalue weighted by Crippen LogP contribution is 2.24. The fourth-order valence-electron chi connectivity index (χ4n) is 4.27. The second-order valence-electron chi connectivity index (χ2n) is 8.36. The molecule has 0 bridgehead atoms. The molecule has 0 aliphatic carbocycles. The van der Waals surface area contributed by atoms with Crippen LogP contribution < -0.4 is 4.90 Å². The Kier molecular flexibility index (Phi) is 6.02. The Hall–Kier alpha value is -3.72. The first-order chi connectivity index (χ1) is 16.6. The summed E-state index contributed by atoms with van der Waals surface area (Å²) in [5, 5.41) is 9.44. The Morgan fingerprint density at radius 3 is 2.59 bits per heavy atom. The minimum Gasteiger partial charge on any atom is -0.378 e. The van der Waals surface area contributed by atoms with Crippen molar-refractivity contribution in [2.45, 2.75) is 20.8 Å². The van der Waals surface area contributed by atoms with E-state index >= 15 is 0 Å². The Morgan fingerprint density at radius 1 is 1.06 bits per heavy atom. The lowest BCUT2D eigenvalue weighted by Crippen LogP contribution is -2.37. The molecule has 0 atom stereocenters. The summed E-state index contributed by atoms with van der Waals surface area (Å²) in [7, 11) is 0. The number of anilines is 1. The molecule has 5 rings (SSSR count). The van der Waals surface area contributed by atoms with Crippen LogP contribution in [-0.2, 0) is 4.74 Å². The molecule has 176 valence electrons. The minimum atomic E-state index is -0.0919. The zero-order valence-corrected chi connectivity index (χ0v) is 19.8. The molecule has 0 N–H and O–H groups in total. The highest BCUT2D eigenvalue weighted by atomic mass is 16.5. The van der Waals surface area contributed by atoms with Crippen LogP contribution in [-0.4, -0.2) is 74.6 Å². The predicted octanol–water partition coefficient (Wildman–Crippen LogP) is 3.21. The van der Waals surface area contributed by atoms with E-state index in [1.54, 1.807) is 20.2 Å². The molecule has 0 saturated carbocycles. The van der Waals surface area contributed by atoms with E-state index in [0.717, 1.165) is 30.2 Å². The number of benzene rings is 1. The van der Waals surface area contributed by atoms with Crippen molar-refractivity contribution in [1.29, 1.82) is 0 Å². The van der Waals surface area contributed by atoms with E-state index in [4.69, 9.17) is 14.8 Å². The van der Waals surface area contributed by atoms with Crippen molar-refractivity contribution in [3.05, 3.63) is 59.9 Å². The van der Waals surface area contributed by atoms with Gasteiger partial charge in [0, 0.05) is 50.1 Å². The molecule has 4 heterocycles. The van der Waals surface area contributed by atoms with Crippen LogP contribution in [0.25, 0.3) is 22.7 Å². The van der Waals surface area contributed by atoms with Gasteiger partial charge in [-0.2, -0.15) is 14.7 Å². The van der Waals surface area contributed by atoms with Crippen LogP contribution in [0.4, 0.5) is 5.82 Å². The lowest BCUT2D eigenvalue weighted by molar-refractivity contribution is 0.0766. The maximum Gasteiger partial charge on any atom is 0.274 e. The molecule has 4 aromatic rings. The molecule has 1 saturated heterocycles. The summed E-state index contributed by atoms with van der Waals surface area (Å²) in [4.78, 5) is 21.8. The Balaban J connectivity index is 1.59. The first-order valence-electron chi connectivity index (χ1n) is 11.7. The van der Waals surface area contributed by atoms with Crippen molar-refractivity contribution in [2.24, 2.45) is 0 Å². The monoisotopic (exact) mass is 459 g/mol. The Morgan fingerprint density at radius 2 is 1.85 bits per heavy atom. The molecular formula is C25H29N7O2. The van der Waals surface area contributed by atoms with E-state index in [0.29, 0.717) is 43.5 Å². The number of fused-ring (bicyclic) bond motifs is 1. The van der Waals surface area contributed by atoms with Crippen molar-refractivity contribution in [3.63, 3.8) is 0 Å². The average Bonchev–Trinajstić information content (AvgIpc) is 3.52. The van der Waals surface area contributed by atoms with Crippen LogP contribution in [0.1, 0.15) is 29.9 Å². The number of rotatable bonds is 6. The number of ether oxygens (including phenoxy) is 1. The van der Waals surface area contributed by atoms with Crippen LogP contribution in [0.15, 0.2) is 48.7 Å². The van der Waals surface area contributed by atoms with E-state index in [2.05, 4.69) is 35.1 Å². The third-order valence-corrected chi connectivity index (χ3v) is 6.14.